The van der Waals surface area contributed by atoms with Crippen molar-refractivity contribution in [2.45, 2.75) is 13.3 Å². The number of hydrogen-bond acceptors (Lipinski definition) is 4. The zero-order valence-electron chi connectivity index (χ0n) is 8.15. The van der Waals surface area contributed by atoms with Crippen LogP contribution < -0.4 is 4.90 Å². The first kappa shape index (κ1) is 11.6. The smallest absolute Gasteiger partial charge is 0.225 e. The molecule has 0 fully saturated rings. The molecule has 78 valence electrons. The van der Waals surface area contributed by atoms with Gasteiger partial charge in [-0.15, -0.1) is 0 Å². The predicted octanol–water partition coefficient (Wildman–Crippen LogP) is 1.29. The second kappa shape index (κ2) is 6.13. The molecule has 1 aromatic heterocycles. The molecular weight excluding hydrogens is 293 g/mol. The number of anilines is 1. The van der Waals surface area contributed by atoms with E-state index in [0.717, 1.165) is 16.5 Å². The molecule has 5 heteroatoms. The Balaban J connectivity index is 2.71. The normalized spacial score (nSPS) is 10.2. The number of hydrogen-bond donors (Lipinski definition) is 1. The Morgan fingerprint density at radius 3 is 2.50 bits per heavy atom. The first-order valence-electron chi connectivity index (χ1n) is 4.61. The monoisotopic (exact) mass is 307 g/mol. The van der Waals surface area contributed by atoms with Crippen molar-refractivity contribution in [1.29, 1.82) is 0 Å². The summed E-state index contributed by atoms with van der Waals surface area (Å²) in [6, 6.07) is 0. The fourth-order valence-corrected chi connectivity index (χ4v) is 1.45. The van der Waals surface area contributed by atoms with E-state index in [-0.39, 0.29) is 6.61 Å². The van der Waals surface area contributed by atoms with E-state index >= 15 is 0 Å². The lowest BCUT2D eigenvalue weighted by Gasteiger charge is -2.20. The summed E-state index contributed by atoms with van der Waals surface area (Å²) in [5.74, 6) is 0.696. The van der Waals surface area contributed by atoms with Crippen molar-refractivity contribution in [2.75, 3.05) is 24.6 Å². The van der Waals surface area contributed by atoms with E-state index in [1.165, 1.54) is 0 Å². The highest BCUT2D eigenvalue weighted by molar-refractivity contribution is 14.1. The molecule has 0 aliphatic rings. The Morgan fingerprint density at radius 1 is 1.36 bits per heavy atom. The fraction of sp³-hybridized carbons (Fsp3) is 0.556. The van der Waals surface area contributed by atoms with Gasteiger partial charge in [0, 0.05) is 29.1 Å². The summed E-state index contributed by atoms with van der Waals surface area (Å²) < 4.78 is 1.02. The molecule has 1 heterocycles. The van der Waals surface area contributed by atoms with Crippen LogP contribution in [0.15, 0.2) is 12.4 Å². The highest BCUT2D eigenvalue weighted by Gasteiger charge is 2.06. The van der Waals surface area contributed by atoms with Crippen molar-refractivity contribution in [3.8, 4) is 0 Å². The summed E-state index contributed by atoms with van der Waals surface area (Å²) in [6.45, 7) is 3.70. The van der Waals surface area contributed by atoms with E-state index in [4.69, 9.17) is 5.11 Å². The maximum absolute atomic E-state index is 8.88. The van der Waals surface area contributed by atoms with Crippen molar-refractivity contribution >= 4 is 28.5 Å². The lowest BCUT2D eigenvalue weighted by molar-refractivity contribution is 0.301. The first-order valence-corrected chi connectivity index (χ1v) is 5.69. The minimum Gasteiger partial charge on any atom is -0.395 e. The molecule has 1 rings (SSSR count). The van der Waals surface area contributed by atoms with Crippen molar-refractivity contribution < 1.29 is 5.11 Å². The lowest BCUT2D eigenvalue weighted by Crippen LogP contribution is -2.29. The molecule has 0 saturated heterocycles. The van der Waals surface area contributed by atoms with Gasteiger partial charge in [0.05, 0.1) is 6.61 Å². The minimum absolute atomic E-state index is 0.134. The maximum Gasteiger partial charge on any atom is 0.225 e. The van der Waals surface area contributed by atoms with Crippen molar-refractivity contribution in [2.24, 2.45) is 0 Å². The van der Waals surface area contributed by atoms with Crippen LogP contribution in [-0.4, -0.2) is 34.8 Å². The fourth-order valence-electron chi connectivity index (χ4n) is 1.17. The molecule has 1 aromatic rings. The summed E-state index contributed by atoms with van der Waals surface area (Å²) in [6.07, 6.45) is 4.58. The van der Waals surface area contributed by atoms with Gasteiger partial charge < -0.3 is 10.0 Å². The molecule has 0 aliphatic heterocycles. The summed E-state index contributed by atoms with van der Waals surface area (Å²) in [7, 11) is 0. The zero-order chi connectivity index (χ0) is 10.4. The SMILES string of the molecule is CCCN(CCO)c1ncc(I)cn1. The van der Waals surface area contributed by atoms with Crippen LogP contribution in [0.5, 0.6) is 0 Å². The highest BCUT2D eigenvalue weighted by atomic mass is 127. The molecule has 0 saturated carbocycles. The Bertz CT molecular complexity index is 259. The summed E-state index contributed by atoms with van der Waals surface area (Å²) in [4.78, 5) is 10.4. The molecule has 0 amide bonds. The van der Waals surface area contributed by atoms with Crippen LogP contribution in [0.4, 0.5) is 5.95 Å². The van der Waals surface area contributed by atoms with E-state index in [2.05, 4.69) is 39.5 Å². The Morgan fingerprint density at radius 2 is 2.00 bits per heavy atom. The average Bonchev–Trinajstić information content (AvgIpc) is 2.19. The van der Waals surface area contributed by atoms with Gasteiger partial charge in [0.1, 0.15) is 0 Å². The van der Waals surface area contributed by atoms with Crippen molar-refractivity contribution in [3.05, 3.63) is 16.0 Å². The van der Waals surface area contributed by atoms with E-state index in [9.17, 15) is 0 Å². The van der Waals surface area contributed by atoms with Crippen LogP contribution in [0.25, 0.3) is 0 Å². The average molecular weight is 307 g/mol. The maximum atomic E-state index is 8.88. The lowest BCUT2D eigenvalue weighted by atomic mass is 10.4. The van der Waals surface area contributed by atoms with Gasteiger partial charge in [-0.05, 0) is 29.0 Å². The highest BCUT2D eigenvalue weighted by Crippen LogP contribution is 2.08. The number of rotatable bonds is 5. The number of nitrogens with zero attached hydrogens (tertiary/aromatic N) is 3. The number of aliphatic hydroxyl groups is 1. The van der Waals surface area contributed by atoms with E-state index in [1.807, 2.05) is 4.90 Å². The molecule has 0 spiro atoms. The van der Waals surface area contributed by atoms with Crippen LogP contribution in [-0.2, 0) is 0 Å². The number of aromatic nitrogens is 2. The van der Waals surface area contributed by atoms with Gasteiger partial charge in [-0.25, -0.2) is 9.97 Å². The van der Waals surface area contributed by atoms with Crippen LogP contribution in [0.2, 0.25) is 0 Å². The Hall–Kier alpha value is -0.430. The van der Waals surface area contributed by atoms with Gasteiger partial charge in [0.2, 0.25) is 5.95 Å². The van der Waals surface area contributed by atoms with Gasteiger partial charge >= 0.3 is 0 Å². The van der Waals surface area contributed by atoms with Gasteiger partial charge in [-0.3, -0.25) is 0 Å². The summed E-state index contributed by atoms with van der Waals surface area (Å²) in [5, 5.41) is 8.88. The van der Waals surface area contributed by atoms with Crippen LogP contribution in [0.1, 0.15) is 13.3 Å². The standard InChI is InChI=1S/C9H14IN3O/c1-2-3-13(4-5-14)9-11-6-8(10)7-12-9/h6-7,14H,2-5H2,1H3. The molecule has 4 nitrogen and oxygen atoms in total. The van der Waals surface area contributed by atoms with Crippen LogP contribution >= 0.6 is 22.6 Å². The molecule has 1 N–H and O–H groups in total. The quantitative estimate of drug-likeness (QED) is 0.833. The molecule has 0 unspecified atom stereocenters. The van der Waals surface area contributed by atoms with Gasteiger partial charge in [0.25, 0.3) is 0 Å². The van der Waals surface area contributed by atoms with E-state index < -0.39 is 0 Å². The summed E-state index contributed by atoms with van der Waals surface area (Å²) >= 11 is 2.17. The second-order valence-electron chi connectivity index (χ2n) is 2.91. The minimum atomic E-state index is 0.134. The van der Waals surface area contributed by atoms with E-state index in [1.54, 1.807) is 12.4 Å². The second-order valence-corrected chi connectivity index (χ2v) is 4.16. The third-order valence-electron chi connectivity index (χ3n) is 1.75. The first-order chi connectivity index (χ1) is 6.77. The molecule has 0 aromatic carbocycles. The predicted molar refractivity (Wildman–Crippen MR) is 64.3 cm³/mol. The molecule has 14 heavy (non-hydrogen) atoms. The number of aliphatic hydroxyl groups excluding tert-OH is 1. The Kier molecular flexibility index (Phi) is 5.10. The number of halogens is 1. The van der Waals surface area contributed by atoms with E-state index in [0.29, 0.717) is 12.5 Å². The third-order valence-corrected chi connectivity index (χ3v) is 2.31. The molecule has 0 aliphatic carbocycles. The molecular formula is C9H14IN3O. The Labute approximate surface area is 97.5 Å². The van der Waals surface area contributed by atoms with Gasteiger partial charge in [0.15, 0.2) is 0 Å². The third kappa shape index (κ3) is 3.38. The van der Waals surface area contributed by atoms with Crippen LogP contribution in [0.3, 0.4) is 0 Å². The van der Waals surface area contributed by atoms with Crippen molar-refractivity contribution in [1.82, 2.24) is 9.97 Å². The van der Waals surface area contributed by atoms with Crippen molar-refractivity contribution in [3.63, 3.8) is 0 Å². The molecule has 0 atom stereocenters. The van der Waals surface area contributed by atoms with Gasteiger partial charge in [-0.1, -0.05) is 6.92 Å². The topological polar surface area (TPSA) is 49.2 Å². The zero-order valence-corrected chi connectivity index (χ0v) is 10.3. The van der Waals surface area contributed by atoms with Crippen LogP contribution in [0, 0.1) is 3.57 Å². The molecule has 0 bridgehead atoms. The van der Waals surface area contributed by atoms with Gasteiger partial charge in [-0.2, -0.15) is 0 Å². The molecule has 0 radical (unpaired) electrons. The summed E-state index contributed by atoms with van der Waals surface area (Å²) in [5.41, 5.74) is 0. The largest absolute Gasteiger partial charge is 0.395 e.